The lowest BCUT2D eigenvalue weighted by molar-refractivity contribution is 0.452. The molecule has 2 rings (SSSR count). The minimum absolute atomic E-state index is 0.00681. The molecule has 0 unspecified atom stereocenters. The highest BCUT2D eigenvalue weighted by atomic mass is 35.5. The van der Waals surface area contributed by atoms with E-state index in [1.807, 2.05) is 19.1 Å². The molecule has 0 saturated carbocycles. The van der Waals surface area contributed by atoms with Crippen LogP contribution in [-0.2, 0) is 5.41 Å². The molecular weight excluding hydrogens is 282 g/mol. The van der Waals surface area contributed by atoms with Gasteiger partial charge >= 0.3 is 0 Å². The fourth-order valence-corrected chi connectivity index (χ4v) is 2.39. The number of hydrogen-bond donors (Lipinski definition) is 1. The molecule has 0 bridgehead atoms. The molecule has 0 radical (unpaired) electrons. The molecule has 0 aromatic heterocycles. The SMILES string of the molecule is Cc1ccc(Oc2cc(Cl)c(N)cc2C)c(C(C)(C)C)c1. The van der Waals surface area contributed by atoms with Gasteiger partial charge in [-0.05, 0) is 37.0 Å². The Balaban J connectivity index is 2.47. The molecule has 0 aliphatic rings. The van der Waals surface area contributed by atoms with Crippen molar-refractivity contribution in [2.45, 2.75) is 40.0 Å². The predicted molar refractivity (Wildman–Crippen MR) is 90.6 cm³/mol. The molecular formula is C18H22ClNO. The molecule has 0 aliphatic heterocycles. The molecule has 2 aromatic carbocycles. The van der Waals surface area contributed by atoms with Gasteiger partial charge in [-0.25, -0.2) is 0 Å². The molecule has 0 spiro atoms. The van der Waals surface area contributed by atoms with Crippen molar-refractivity contribution in [1.82, 2.24) is 0 Å². The summed E-state index contributed by atoms with van der Waals surface area (Å²) in [4.78, 5) is 0. The van der Waals surface area contributed by atoms with Crippen LogP contribution in [0.5, 0.6) is 11.5 Å². The standard InChI is InChI=1S/C18H22ClNO/c1-11-6-7-16(13(8-11)18(3,4)5)21-17-10-14(19)15(20)9-12(17)2/h6-10H,20H2,1-5H3. The van der Waals surface area contributed by atoms with Gasteiger partial charge in [-0.3, -0.25) is 0 Å². The van der Waals surface area contributed by atoms with Crippen LogP contribution in [0.4, 0.5) is 5.69 Å². The third kappa shape index (κ3) is 3.51. The Morgan fingerprint density at radius 1 is 1.00 bits per heavy atom. The number of nitrogens with two attached hydrogens (primary N) is 1. The lowest BCUT2D eigenvalue weighted by Crippen LogP contribution is -2.13. The van der Waals surface area contributed by atoms with E-state index in [4.69, 9.17) is 22.1 Å². The van der Waals surface area contributed by atoms with Crippen molar-refractivity contribution in [2.75, 3.05) is 5.73 Å². The van der Waals surface area contributed by atoms with E-state index in [1.165, 1.54) is 11.1 Å². The van der Waals surface area contributed by atoms with Crippen LogP contribution in [0.1, 0.15) is 37.5 Å². The summed E-state index contributed by atoms with van der Waals surface area (Å²) in [5.74, 6) is 1.60. The van der Waals surface area contributed by atoms with Gasteiger partial charge in [0.05, 0.1) is 10.7 Å². The number of nitrogen functional groups attached to an aromatic ring is 1. The lowest BCUT2D eigenvalue weighted by Gasteiger charge is -2.24. The van der Waals surface area contributed by atoms with Gasteiger partial charge in [0.15, 0.2) is 0 Å². The normalized spacial score (nSPS) is 11.5. The molecule has 0 amide bonds. The van der Waals surface area contributed by atoms with Gasteiger partial charge in [0, 0.05) is 11.6 Å². The first-order valence-corrected chi connectivity index (χ1v) is 7.41. The Morgan fingerprint density at radius 3 is 2.29 bits per heavy atom. The summed E-state index contributed by atoms with van der Waals surface area (Å²) in [6.45, 7) is 10.6. The average molecular weight is 304 g/mol. The van der Waals surface area contributed by atoms with E-state index in [2.05, 4.69) is 39.8 Å². The minimum Gasteiger partial charge on any atom is -0.457 e. The summed E-state index contributed by atoms with van der Waals surface area (Å²) in [7, 11) is 0. The highest BCUT2D eigenvalue weighted by Gasteiger charge is 2.20. The minimum atomic E-state index is 0.00681. The monoisotopic (exact) mass is 303 g/mol. The van der Waals surface area contributed by atoms with Gasteiger partial charge in [-0.1, -0.05) is 50.1 Å². The summed E-state index contributed by atoms with van der Waals surface area (Å²) >= 11 is 6.10. The van der Waals surface area contributed by atoms with Crippen LogP contribution in [0.2, 0.25) is 5.02 Å². The molecule has 0 heterocycles. The van der Waals surface area contributed by atoms with Gasteiger partial charge in [0.2, 0.25) is 0 Å². The van der Waals surface area contributed by atoms with Gasteiger partial charge in [-0.2, -0.15) is 0 Å². The summed E-state index contributed by atoms with van der Waals surface area (Å²) in [5, 5.41) is 0.514. The number of hydrogen-bond acceptors (Lipinski definition) is 2. The summed E-state index contributed by atoms with van der Waals surface area (Å²) in [6, 6.07) is 9.85. The number of benzene rings is 2. The number of halogens is 1. The van der Waals surface area contributed by atoms with Gasteiger partial charge < -0.3 is 10.5 Å². The van der Waals surface area contributed by atoms with Crippen LogP contribution in [-0.4, -0.2) is 0 Å². The molecule has 0 aliphatic carbocycles. The van der Waals surface area contributed by atoms with Gasteiger partial charge in [-0.15, -0.1) is 0 Å². The first-order valence-electron chi connectivity index (χ1n) is 7.03. The lowest BCUT2D eigenvalue weighted by atomic mass is 9.85. The number of rotatable bonds is 2. The van der Waals surface area contributed by atoms with Gasteiger partial charge in [0.1, 0.15) is 11.5 Å². The highest BCUT2D eigenvalue weighted by molar-refractivity contribution is 6.33. The molecule has 0 atom stereocenters. The smallest absolute Gasteiger partial charge is 0.131 e. The molecule has 21 heavy (non-hydrogen) atoms. The largest absolute Gasteiger partial charge is 0.457 e. The Kier molecular flexibility index (Phi) is 4.20. The van der Waals surface area contributed by atoms with E-state index in [1.54, 1.807) is 6.07 Å². The maximum Gasteiger partial charge on any atom is 0.131 e. The maximum absolute atomic E-state index is 6.12. The van der Waals surface area contributed by atoms with E-state index in [-0.39, 0.29) is 5.41 Å². The second kappa shape index (κ2) is 5.61. The zero-order chi connectivity index (χ0) is 15.8. The molecule has 0 fully saturated rings. The van der Waals surface area contributed by atoms with Crippen molar-refractivity contribution in [3.8, 4) is 11.5 Å². The fraction of sp³-hybridized carbons (Fsp3) is 0.333. The van der Waals surface area contributed by atoms with E-state index >= 15 is 0 Å². The molecule has 2 nitrogen and oxygen atoms in total. The van der Waals surface area contributed by atoms with Crippen LogP contribution in [0, 0.1) is 13.8 Å². The summed E-state index contributed by atoms with van der Waals surface area (Å²) in [6.07, 6.45) is 0. The zero-order valence-electron chi connectivity index (χ0n) is 13.3. The third-order valence-electron chi connectivity index (χ3n) is 3.46. The van der Waals surface area contributed by atoms with Crippen LogP contribution in [0.3, 0.4) is 0 Å². The summed E-state index contributed by atoms with van der Waals surface area (Å²) in [5.41, 5.74) is 9.76. The predicted octanol–water partition coefficient (Wildman–Crippen LogP) is 5.63. The molecule has 2 N–H and O–H groups in total. The Hall–Kier alpha value is -1.67. The number of aryl methyl sites for hydroxylation is 2. The van der Waals surface area contributed by atoms with Crippen LogP contribution in [0.15, 0.2) is 30.3 Å². The second-order valence-electron chi connectivity index (χ2n) is 6.49. The second-order valence-corrected chi connectivity index (χ2v) is 6.90. The quantitative estimate of drug-likeness (QED) is 0.730. The molecule has 3 heteroatoms. The van der Waals surface area contributed by atoms with Crippen molar-refractivity contribution in [1.29, 1.82) is 0 Å². The number of ether oxygens (including phenoxy) is 1. The highest BCUT2D eigenvalue weighted by Crippen LogP contribution is 2.37. The number of anilines is 1. The van der Waals surface area contributed by atoms with E-state index in [0.717, 1.165) is 17.1 Å². The van der Waals surface area contributed by atoms with E-state index in [0.29, 0.717) is 10.7 Å². The molecule has 2 aromatic rings. The van der Waals surface area contributed by atoms with E-state index < -0.39 is 0 Å². The van der Waals surface area contributed by atoms with Crippen molar-refractivity contribution in [2.24, 2.45) is 0 Å². The first-order chi connectivity index (χ1) is 9.68. The summed E-state index contributed by atoms with van der Waals surface area (Å²) < 4.78 is 6.12. The first kappa shape index (κ1) is 15.7. The van der Waals surface area contributed by atoms with Crippen molar-refractivity contribution in [3.63, 3.8) is 0 Å². The van der Waals surface area contributed by atoms with Crippen molar-refractivity contribution < 1.29 is 4.74 Å². The Bertz CT molecular complexity index is 672. The van der Waals surface area contributed by atoms with Crippen molar-refractivity contribution in [3.05, 3.63) is 52.0 Å². The van der Waals surface area contributed by atoms with Crippen LogP contribution >= 0.6 is 11.6 Å². The third-order valence-corrected chi connectivity index (χ3v) is 3.78. The topological polar surface area (TPSA) is 35.2 Å². The molecule has 0 saturated heterocycles. The average Bonchev–Trinajstić information content (AvgIpc) is 2.36. The fourth-order valence-electron chi connectivity index (χ4n) is 2.23. The van der Waals surface area contributed by atoms with Crippen LogP contribution in [0.25, 0.3) is 0 Å². The Morgan fingerprint density at radius 2 is 1.67 bits per heavy atom. The zero-order valence-corrected chi connectivity index (χ0v) is 14.0. The Labute approximate surface area is 131 Å². The van der Waals surface area contributed by atoms with E-state index in [9.17, 15) is 0 Å². The van der Waals surface area contributed by atoms with Gasteiger partial charge in [0.25, 0.3) is 0 Å². The maximum atomic E-state index is 6.12. The molecule has 112 valence electrons. The van der Waals surface area contributed by atoms with Crippen molar-refractivity contribution >= 4 is 17.3 Å². The van der Waals surface area contributed by atoms with Crippen LogP contribution < -0.4 is 10.5 Å².